The van der Waals surface area contributed by atoms with Crippen LogP contribution < -0.4 is 15.7 Å². The van der Waals surface area contributed by atoms with Gasteiger partial charge in [0.25, 0.3) is 5.69 Å². The van der Waals surface area contributed by atoms with Crippen molar-refractivity contribution in [2.45, 2.75) is 6.92 Å². The molecule has 8 heteroatoms. The highest BCUT2D eigenvalue weighted by Gasteiger charge is 2.18. The highest BCUT2D eigenvalue weighted by Crippen LogP contribution is 2.26. The van der Waals surface area contributed by atoms with E-state index in [2.05, 4.69) is 5.32 Å². The Hall–Kier alpha value is -3.68. The molecule has 0 atom stereocenters. The molecule has 3 rings (SSSR count). The molecule has 0 unspecified atom stereocenters. The smallest absolute Gasteiger partial charge is 0.345 e. The van der Waals surface area contributed by atoms with Gasteiger partial charge in [0.15, 0.2) is 0 Å². The first-order valence-electron chi connectivity index (χ1n) is 7.62. The lowest BCUT2D eigenvalue weighted by Crippen LogP contribution is -2.12. The molecule has 0 amide bonds. The molecule has 1 heterocycles. The molecule has 1 N–H and O–H groups in total. The van der Waals surface area contributed by atoms with Crippen LogP contribution in [0, 0.1) is 17.0 Å². The number of esters is 1. The summed E-state index contributed by atoms with van der Waals surface area (Å²) >= 11 is 0. The average Bonchev–Trinajstić information content (AvgIpc) is 2.60. The predicted octanol–water partition coefficient (Wildman–Crippen LogP) is 3.27. The van der Waals surface area contributed by atoms with Gasteiger partial charge >= 0.3 is 11.6 Å². The van der Waals surface area contributed by atoms with Crippen molar-refractivity contribution in [2.24, 2.45) is 0 Å². The molecule has 3 aromatic rings. The molecule has 1 aromatic heterocycles. The van der Waals surface area contributed by atoms with Gasteiger partial charge in [-0.15, -0.1) is 0 Å². The second-order valence-corrected chi connectivity index (χ2v) is 5.53. The van der Waals surface area contributed by atoms with Gasteiger partial charge in [-0.3, -0.25) is 10.1 Å². The largest absolute Gasteiger partial charge is 0.423 e. The van der Waals surface area contributed by atoms with Crippen LogP contribution in [0.5, 0.6) is 5.75 Å². The summed E-state index contributed by atoms with van der Waals surface area (Å²) in [5, 5.41) is 14.4. The molecule has 0 radical (unpaired) electrons. The standard InChI is InChI=1S/C18H14N2O6/c1-10-7-17(21)26-16-9-12(4-5-13(10)16)25-18(22)14-8-11(20(23)24)3-6-15(14)19-2/h3-9,19H,1-2H3. The fourth-order valence-corrected chi connectivity index (χ4v) is 2.56. The number of nitro benzene ring substituents is 1. The quantitative estimate of drug-likeness (QED) is 0.251. The summed E-state index contributed by atoms with van der Waals surface area (Å²) in [4.78, 5) is 34.3. The van der Waals surface area contributed by atoms with E-state index in [1.807, 2.05) is 0 Å². The van der Waals surface area contributed by atoms with Gasteiger partial charge in [-0.25, -0.2) is 9.59 Å². The zero-order valence-electron chi connectivity index (χ0n) is 13.9. The SMILES string of the molecule is CNc1ccc([N+](=O)[O-])cc1C(=O)Oc1ccc2c(C)cc(=O)oc2c1. The number of hydrogen-bond donors (Lipinski definition) is 1. The first-order chi connectivity index (χ1) is 12.4. The summed E-state index contributed by atoms with van der Waals surface area (Å²) in [7, 11) is 1.59. The molecule has 8 nitrogen and oxygen atoms in total. The number of nitrogens with one attached hydrogen (secondary N) is 1. The molecule has 0 aliphatic carbocycles. The molecule has 0 saturated carbocycles. The maximum atomic E-state index is 12.5. The Morgan fingerprint density at radius 2 is 1.96 bits per heavy atom. The molecule has 0 saturated heterocycles. The maximum absolute atomic E-state index is 12.5. The van der Waals surface area contributed by atoms with Crippen molar-refractivity contribution in [3.8, 4) is 5.75 Å². The Kier molecular flexibility index (Phi) is 4.40. The van der Waals surface area contributed by atoms with Crippen LogP contribution in [-0.4, -0.2) is 17.9 Å². The van der Waals surface area contributed by atoms with Crippen molar-refractivity contribution in [1.82, 2.24) is 0 Å². The Morgan fingerprint density at radius 1 is 1.19 bits per heavy atom. The average molecular weight is 354 g/mol. The topological polar surface area (TPSA) is 112 Å². The van der Waals surface area contributed by atoms with Crippen LogP contribution >= 0.6 is 0 Å². The lowest BCUT2D eigenvalue weighted by molar-refractivity contribution is -0.384. The minimum atomic E-state index is -0.771. The van der Waals surface area contributed by atoms with Gasteiger partial charge in [-0.05, 0) is 30.7 Å². The molecule has 2 aromatic carbocycles. The third-order valence-electron chi connectivity index (χ3n) is 3.84. The van der Waals surface area contributed by atoms with Crippen LogP contribution in [0.25, 0.3) is 11.0 Å². The number of carbonyl (C=O) groups excluding carboxylic acids is 1. The minimum Gasteiger partial charge on any atom is -0.423 e. The van der Waals surface area contributed by atoms with Gasteiger partial charge in [0.1, 0.15) is 11.3 Å². The number of carbonyl (C=O) groups is 1. The second kappa shape index (κ2) is 6.67. The van der Waals surface area contributed by atoms with E-state index in [0.717, 1.165) is 17.0 Å². The van der Waals surface area contributed by atoms with Crippen LogP contribution in [0.15, 0.2) is 51.7 Å². The zero-order chi connectivity index (χ0) is 18.8. The van der Waals surface area contributed by atoms with E-state index in [0.29, 0.717) is 5.69 Å². The van der Waals surface area contributed by atoms with E-state index in [9.17, 15) is 19.7 Å². The summed E-state index contributed by atoms with van der Waals surface area (Å²) in [6, 6.07) is 9.88. The summed E-state index contributed by atoms with van der Waals surface area (Å²) in [6.45, 7) is 1.77. The maximum Gasteiger partial charge on any atom is 0.345 e. The summed E-state index contributed by atoms with van der Waals surface area (Å²) in [6.07, 6.45) is 0. The van der Waals surface area contributed by atoms with Gasteiger partial charge in [0, 0.05) is 42.4 Å². The Labute approximate surface area is 147 Å². The number of fused-ring (bicyclic) bond motifs is 1. The second-order valence-electron chi connectivity index (χ2n) is 5.53. The van der Waals surface area contributed by atoms with Crippen LogP contribution in [0.1, 0.15) is 15.9 Å². The number of benzene rings is 2. The Balaban J connectivity index is 1.97. The molecule has 0 fully saturated rings. The van der Waals surface area contributed by atoms with Gasteiger partial charge in [-0.1, -0.05) is 0 Å². The number of hydrogen-bond acceptors (Lipinski definition) is 7. The van der Waals surface area contributed by atoms with Crippen molar-refractivity contribution < 1.29 is 18.9 Å². The Morgan fingerprint density at radius 3 is 2.65 bits per heavy atom. The van der Waals surface area contributed by atoms with E-state index in [1.54, 1.807) is 26.1 Å². The van der Waals surface area contributed by atoms with Gasteiger partial charge in [-0.2, -0.15) is 0 Å². The number of aryl methyl sites for hydroxylation is 1. The van der Waals surface area contributed by atoms with Crippen molar-refractivity contribution in [3.05, 3.63) is 74.1 Å². The fraction of sp³-hybridized carbons (Fsp3) is 0.111. The highest BCUT2D eigenvalue weighted by molar-refractivity contribution is 5.98. The molecule has 132 valence electrons. The van der Waals surface area contributed by atoms with E-state index in [1.165, 1.54) is 24.3 Å². The summed E-state index contributed by atoms with van der Waals surface area (Å²) in [5.41, 5.74) is 0.709. The predicted molar refractivity (Wildman–Crippen MR) is 94.8 cm³/mol. The molecule has 0 aliphatic rings. The summed E-state index contributed by atoms with van der Waals surface area (Å²) in [5.74, 6) is -0.614. The van der Waals surface area contributed by atoms with Gasteiger partial charge in [0.05, 0.1) is 10.5 Å². The van der Waals surface area contributed by atoms with Crippen LogP contribution in [0.3, 0.4) is 0 Å². The highest BCUT2D eigenvalue weighted by atomic mass is 16.6. The van der Waals surface area contributed by atoms with E-state index in [4.69, 9.17) is 9.15 Å². The molecule has 0 spiro atoms. The number of anilines is 1. The summed E-state index contributed by atoms with van der Waals surface area (Å²) < 4.78 is 10.4. The minimum absolute atomic E-state index is 0.0208. The third kappa shape index (κ3) is 3.25. The number of non-ortho nitro benzene ring substituents is 1. The number of rotatable bonds is 4. The normalized spacial score (nSPS) is 10.5. The monoisotopic (exact) mass is 354 g/mol. The lowest BCUT2D eigenvalue weighted by atomic mass is 10.1. The van der Waals surface area contributed by atoms with Gasteiger partial charge < -0.3 is 14.5 Å². The molecule has 26 heavy (non-hydrogen) atoms. The van der Waals surface area contributed by atoms with Crippen molar-refractivity contribution in [1.29, 1.82) is 0 Å². The molecule has 0 aliphatic heterocycles. The first-order valence-corrected chi connectivity index (χ1v) is 7.62. The fourth-order valence-electron chi connectivity index (χ4n) is 2.56. The number of nitrogens with zero attached hydrogens (tertiary/aromatic N) is 1. The number of ether oxygens (including phenoxy) is 1. The number of nitro groups is 1. The van der Waals surface area contributed by atoms with E-state index >= 15 is 0 Å². The van der Waals surface area contributed by atoms with Crippen LogP contribution in [0.4, 0.5) is 11.4 Å². The molecular weight excluding hydrogens is 340 g/mol. The van der Waals surface area contributed by atoms with Crippen LogP contribution in [-0.2, 0) is 0 Å². The Bertz CT molecular complexity index is 1090. The third-order valence-corrected chi connectivity index (χ3v) is 3.84. The van der Waals surface area contributed by atoms with E-state index in [-0.39, 0.29) is 22.6 Å². The molecule has 0 bridgehead atoms. The van der Waals surface area contributed by atoms with Gasteiger partial charge in [0.2, 0.25) is 0 Å². The zero-order valence-corrected chi connectivity index (χ0v) is 13.9. The molecular formula is C18H14N2O6. The van der Waals surface area contributed by atoms with Crippen molar-refractivity contribution in [2.75, 3.05) is 12.4 Å². The lowest BCUT2D eigenvalue weighted by Gasteiger charge is -2.09. The van der Waals surface area contributed by atoms with Crippen molar-refractivity contribution in [3.63, 3.8) is 0 Å². The van der Waals surface area contributed by atoms with Crippen LogP contribution in [0.2, 0.25) is 0 Å². The first kappa shape index (κ1) is 17.2. The van der Waals surface area contributed by atoms with E-state index < -0.39 is 16.5 Å². The van der Waals surface area contributed by atoms with Crippen molar-refractivity contribution >= 4 is 28.3 Å².